The number of aryl methyl sites for hydroxylation is 2. The molecule has 0 aliphatic heterocycles. The van der Waals surface area contributed by atoms with E-state index in [0.717, 1.165) is 46.1 Å². The summed E-state index contributed by atoms with van der Waals surface area (Å²) in [7, 11) is 0. The van der Waals surface area contributed by atoms with E-state index in [1.807, 2.05) is 30.3 Å². The molecule has 0 amide bonds. The van der Waals surface area contributed by atoms with Gasteiger partial charge in [-0.3, -0.25) is 4.57 Å². The van der Waals surface area contributed by atoms with Gasteiger partial charge < -0.3 is 5.73 Å². The third kappa shape index (κ3) is 3.04. The van der Waals surface area contributed by atoms with E-state index in [4.69, 9.17) is 5.73 Å². The molecule has 0 aliphatic rings. The van der Waals surface area contributed by atoms with Crippen LogP contribution in [0.5, 0.6) is 0 Å². The molecule has 0 bridgehead atoms. The molecule has 0 radical (unpaired) electrons. The highest BCUT2D eigenvalue weighted by atomic mass is 15.3. The van der Waals surface area contributed by atoms with E-state index in [2.05, 4.69) is 61.5 Å². The van der Waals surface area contributed by atoms with Crippen molar-refractivity contribution in [2.24, 2.45) is 0 Å². The quantitative estimate of drug-likeness (QED) is 0.696. The van der Waals surface area contributed by atoms with Gasteiger partial charge in [0.2, 0.25) is 0 Å². The van der Waals surface area contributed by atoms with Crippen LogP contribution in [0, 0.1) is 13.8 Å². The summed E-state index contributed by atoms with van der Waals surface area (Å²) >= 11 is 0. The molecule has 2 aromatic carbocycles. The summed E-state index contributed by atoms with van der Waals surface area (Å²) in [6.45, 7) is 10.8. The molecule has 3 aromatic rings. The van der Waals surface area contributed by atoms with Crippen molar-refractivity contribution < 1.29 is 0 Å². The van der Waals surface area contributed by atoms with Gasteiger partial charge in [0.05, 0.1) is 5.69 Å². The fraction of sp³-hybridized carbons (Fsp3) is 0.333. The van der Waals surface area contributed by atoms with Crippen LogP contribution in [0.15, 0.2) is 42.5 Å². The first-order chi connectivity index (χ1) is 11.8. The molecule has 0 fully saturated rings. The Morgan fingerprint density at radius 2 is 1.60 bits per heavy atom. The molecule has 0 atom stereocenters. The van der Waals surface area contributed by atoms with E-state index in [9.17, 15) is 0 Å². The Balaban J connectivity index is 2.36. The zero-order chi connectivity index (χ0) is 18.2. The Kier molecular flexibility index (Phi) is 4.38. The second kappa shape index (κ2) is 6.36. The molecular weight excluding hydrogens is 308 g/mol. The third-order valence-electron chi connectivity index (χ3n) is 4.92. The Hall–Kier alpha value is -2.62. The van der Waals surface area contributed by atoms with Crippen LogP contribution in [0.3, 0.4) is 0 Å². The van der Waals surface area contributed by atoms with Gasteiger partial charge in [0.15, 0.2) is 5.82 Å². The van der Waals surface area contributed by atoms with Gasteiger partial charge in [0.25, 0.3) is 0 Å². The maximum absolute atomic E-state index is 6.04. The molecule has 1 aromatic heterocycles. The molecule has 130 valence electrons. The number of aromatic nitrogens is 3. The van der Waals surface area contributed by atoms with Crippen LogP contribution < -0.4 is 5.73 Å². The first-order valence-electron chi connectivity index (χ1n) is 8.73. The molecule has 4 heteroatoms. The molecule has 25 heavy (non-hydrogen) atoms. The molecular formula is C21H26N4. The highest BCUT2D eigenvalue weighted by molar-refractivity contribution is 5.64. The SMILES string of the molecule is CCC(C)(C)c1nnc(-c2ccccc2)n1-c1c(C)cc(N)cc1C. The lowest BCUT2D eigenvalue weighted by Crippen LogP contribution is -2.22. The van der Waals surface area contributed by atoms with Crippen LogP contribution in [0.2, 0.25) is 0 Å². The zero-order valence-corrected chi connectivity index (χ0v) is 15.7. The van der Waals surface area contributed by atoms with Crippen molar-refractivity contribution in [1.82, 2.24) is 14.8 Å². The largest absolute Gasteiger partial charge is 0.399 e. The van der Waals surface area contributed by atoms with Crippen LogP contribution >= 0.6 is 0 Å². The Labute approximate surface area is 149 Å². The average Bonchev–Trinajstić information content (AvgIpc) is 3.00. The highest BCUT2D eigenvalue weighted by Gasteiger charge is 2.29. The molecule has 0 spiro atoms. The number of nitrogens with two attached hydrogens (primary N) is 1. The van der Waals surface area contributed by atoms with Crippen LogP contribution in [0.25, 0.3) is 17.1 Å². The van der Waals surface area contributed by atoms with E-state index < -0.39 is 0 Å². The molecule has 3 rings (SSSR count). The lowest BCUT2D eigenvalue weighted by atomic mass is 9.89. The van der Waals surface area contributed by atoms with Gasteiger partial charge in [0, 0.05) is 16.7 Å². The minimum Gasteiger partial charge on any atom is -0.399 e. The Bertz CT molecular complexity index is 869. The maximum atomic E-state index is 6.04. The first-order valence-corrected chi connectivity index (χ1v) is 8.73. The standard InChI is InChI=1S/C21H26N4/c1-6-21(4,5)20-24-23-19(16-10-8-7-9-11-16)25(20)18-14(2)12-17(22)13-15(18)3/h7-13H,6,22H2,1-5H3. The summed E-state index contributed by atoms with van der Waals surface area (Å²) in [4.78, 5) is 0. The molecule has 1 heterocycles. The number of anilines is 1. The van der Waals surface area contributed by atoms with Crippen molar-refractivity contribution in [3.8, 4) is 17.1 Å². The normalized spacial score (nSPS) is 11.7. The second-order valence-corrected chi connectivity index (χ2v) is 7.29. The second-order valence-electron chi connectivity index (χ2n) is 7.29. The van der Waals surface area contributed by atoms with Crippen LogP contribution in [0.4, 0.5) is 5.69 Å². The van der Waals surface area contributed by atoms with Gasteiger partial charge >= 0.3 is 0 Å². The molecule has 0 unspecified atom stereocenters. The van der Waals surface area contributed by atoms with Crippen molar-refractivity contribution in [2.45, 2.75) is 46.5 Å². The van der Waals surface area contributed by atoms with E-state index in [1.54, 1.807) is 0 Å². The van der Waals surface area contributed by atoms with Crippen molar-refractivity contribution >= 4 is 5.69 Å². The maximum Gasteiger partial charge on any atom is 0.168 e. The highest BCUT2D eigenvalue weighted by Crippen LogP contribution is 2.34. The number of nitrogens with zero attached hydrogens (tertiary/aromatic N) is 3. The van der Waals surface area contributed by atoms with E-state index in [-0.39, 0.29) is 5.41 Å². The topological polar surface area (TPSA) is 56.7 Å². The lowest BCUT2D eigenvalue weighted by Gasteiger charge is -2.25. The number of nitrogen functional groups attached to an aromatic ring is 1. The van der Waals surface area contributed by atoms with E-state index >= 15 is 0 Å². The van der Waals surface area contributed by atoms with Gasteiger partial charge in [0.1, 0.15) is 5.82 Å². The number of hydrogen-bond donors (Lipinski definition) is 1. The number of rotatable bonds is 4. The van der Waals surface area contributed by atoms with Gasteiger partial charge in [-0.15, -0.1) is 10.2 Å². The van der Waals surface area contributed by atoms with Gasteiger partial charge in [-0.1, -0.05) is 51.1 Å². The van der Waals surface area contributed by atoms with Gasteiger partial charge in [-0.05, 0) is 43.5 Å². The van der Waals surface area contributed by atoms with E-state index in [0.29, 0.717) is 0 Å². The summed E-state index contributed by atoms with van der Waals surface area (Å²) in [5, 5.41) is 9.16. The van der Waals surface area contributed by atoms with Gasteiger partial charge in [-0.2, -0.15) is 0 Å². The molecule has 4 nitrogen and oxygen atoms in total. The van der Waals surface area contributed by atoms with Crippen molar-refractivity contribution in [3.05, 3.63) is 59.4 Å². The summed E-state index contributed by atoms with van der Waals surface area (Å²) in [6.07, 6.45) is 0.979. The fourth-order valence-corrected chi connectivity index (χ4v) is 3.21. The van der Waals surface area contributed by atoms with Crippen molar-refractivity contribution in [1.29, 1.82) is 0 Å². The number of benzene rings is 2. The van der Waals surface area contributed by atoms with Gasteiger partial charge in [-0.25, -0.2) is 0 Å². The summed E-state index contributed by atoms with van der Waals surface area (Å²) in [5.74, 6) is 1.85. The predicted molar refractivity (Wildman–Crippen MR) is 104 cm³/mol. The zero-order valence-electron chi connectivity index (χ0n) is 15.7. The third-order valence-corrected chi connectivity index (χ3v) is 4.92. The predicted octanol–water partition coefficient (Wildman–Crippen LogP) is 4.82. The molecule has 0 saturated carbocycles. The van der Waals surface area contributed by atoms with Crippen molar-refractivity contribution in [3.63, 3.8) is 0 Å². The lowest BCUT2D eigenvalue weighted by molar-refractivity contribution is 0.464. The van der Waals surface area contributed by atoms with E-state index in [1.165, 1.54) is 0 Å². The monoisotopic (exact) mass is 334 g/mol. The molecule has 2 N–H and O–H groups in total. The van der Waals surface area contributed by atoms with Crippen LogP contribution in [-0.2, 0) is 5.41 Å². The minimum absolute atomic E-state index is 0.0830. The fourth-order valence-electron chi connectivity index (χ4n) is 3.21. The molecule has 0 saturated heterocycles. The molecule has 0 aliphatic carbocycles. The van der Waals surface area contributed by atoms with Crippen molar-refractivity contribution in [2.75, 3.05) is 5.73 Å². The number of hydrogen-bond acceptors (Lipinski definition) is 3. The summed E-state index contributed by atoms with van der Waals surface area (Å²) in [5.41, 5.74) is 11.2. The summed E-state index contributed by atoms with van der Waals surface area (Å²) < 4.78 is 2.21. The first kappa shape index (κ1) is 17.2. The minimum atomic E-state index is -0.0830. The Morgan fingerprint density at radius 1 is 1.00 bits per heavy atom. The van der Waals surface area contributed by atoms with Crippen LogP contribution in [-0.4, -0.2) is 14.8 Å². The Morgan fingerprint density at radius 3 is 2.16 bits per heavy atom. The summed E-state index contributed by atoms with van der Waals surface area (Å²) in [6, 6.07) is 14.3. The smallest absolute Gasteiger partial charge is 0.168 e. The average molecular weight is 334 g/mol. The van der Waals surface area contributed by atoms with Crippen LogP contribution in [0.1, 0.15) is 44.1 Å².